The molecule has 1 unspecified atom stereocenters. The summed E-state index contributed by atoms with van der Waals surface area (Å²) in [5, 5.41) is 0. The van der Waals surface area contributed by atoms with Crippen LogP contribution in [0.1, 0.15) is 93.4 Å². The van der Waals surface area contributed by atoms with Crippen molar-refractivity contribution in [2.75, 3.05) is 19.7 Å². The lowest BCUT2D eigenvalue weighted by atomic mass is 9.90. The highest BCUT2D eigenvalue weighted by Crippen LogP contribution is 2.24. The molecule has 0 bridgehead atoms. The van der Waals surface area contributed by atoms with E-state index in [9.17, 15) is 4.79 Å². The van der Waals surface area contributed by atoms with Gasteiger partial charge in [0.05, 0.1) is 6.54 Å². The molecule has 148 valence electrons. The van der Waals surface area contributed by atoms with Gasteiger partial charge < -0.3 is 9.64 Å². The Balaban J connectivity index is 0.000000368. The zero-order valence-corrected chi connectivity index (χ0v) is 17.9. The second-order valence-corrected chi connectivity index (χ2v) is 7.57. The van der Waals surface area contributed by atoms with Gasteiger partial charge in [-0.1, -0.05) is 60.8 Å². The van der Waals surface area contributed by atoms with E-state index in [2.05, 4.69) is 53.5 Å². The molecule has 2 rings (SSSR count). The van der Waals surface area contributed by atoms with E-state index < -0.39 is 0 Å². The van der Waals surface area contributed by atoms with Crippen LogP contribution >= 0.6 is 0 Å². The molecule has 1 fully saturated rings. The quantitative estimate of drug-likeness (QED) is 0.636. The third kappa shape index (κ3) is 9.27. The van der Waals surface area contributed by atoms with Gasteiger partial charge in [-0.2, -0.15) is 0 Å². The number of hydrogen-bond donors (Lipinski definition) is 0. The predicted octanol–water partition coefficient (Wildman–Crippen LogP) is 5.46. The van der Waals surface area contributed by atoms with Crippen molar-refractivity contribution in [3.63, 3.8) is 0 Å². The first kappa shape index (κ1) is 23.9. The maximum atomic E-state index is 11.1. The van der Waals surface area contributed by atoms with Crippen LogP contribution in [-0.2, 0) is 9.53 Å². The van der Waals surface area contributed by atoms with Gasteiger partial charge in [0.2, 0.25) is 5.91 Å². The Morgan fingerprint density at radius 1 is 1.20 bits per heavy atom. The predicted molar refractivity (Wildman–Crippen MR) is 108 cm³/mol. The van der Waals surface area contributed by atoms with E-state index in [1.54, 1.807) is 0 Å². The second kappa shape index (κ2) is 13.2. The van der Waals surface area contributed by atoms with Crippen LogP contribution in [0, 0.1) is 5.41 Å². The molecule has 4 nitrogen and oxygen atoms in total. The summed E-state index contributed by atoms with van der Waals surface area (Å²) in [6.45, 7) is 17.7. The molecule has 0 aromatic heterocycles. The molecule has 0 aromatic rings. The van der Waals surface area contributed by atoms with E-state index in [0.717, 1.165) is 51.3 Å². The number of rotatable bonds is 6. The van der Waals surface area contributed by atoms with Crippen molar-refractivity contribution in [3.05, 3.63) is 0 Å². The second-order valence-electron chi connectivity index (χ2n) is 7.57. The highest BCUT2D eigenvalue weighted by Gasteiger charge is 2.26. The van der Waals surface area contributed by atoms with Crippen LogP contribution in [0.4, 0.5) is 0 Å². The van der Waals surface area contributed by atoms with E-state index >= 15 is 0 Å². The van der Waals surface area contributed by atoms with Crippen molar-refractivity contribution in [2.24, 2.45) is 10.4 Å². The number of carbonyl (C=O) groups excluding carboxylic acids is 1. The van der Waals surface area contributed by atoms with Crippen LogP contribution in [0.15, 0.2) is 4.99 Å². The van der Waals surface area contributed by atoms with E-state index in [4.69, 9.17) is 4.74 Å². The summed E-state index contributed by atoms with van der Waals surface area (Å²) in [6.07, 6.45) is 8.07. The molecule has 2 aliphatic rings. The molecule has 0 radical (unpaired) electrons. The van der Waals surface area contributed by atoms with Crippen molar-refractivity contribution in [1.29, 1.82) is 0 Å². The van der Waals surface area contributed by atoms with Crippen molar-refractivity contribution >= 4 is 11.8 Å². The summed E-state index contributed by atoms with van der Waals surface area (Å²) >= 11 is 0. The minimum Gasteiger partial charge on any atom is -0.479 e. The lowest BCUT2D eigenvalue weighted by Crippen LogP contribution is -2.33. The Morgan fingerprint density at radius 3 is 2.16 bits per heavy atom. The third-order valence-electron chi connectivity index (χ3n) is 4.99. The van der Waals surface area contributed by atoms with Crippen LogP contribution in [0.5, 0.6) is 0 Å². The fourth-order valence-corrected chi connectivity index (χ4v) is 2.60. The van der Waals surface area contributed by atoms with Gasteiger partial charge in [0, 0.05) is 24.4 Å². The Labute approximate surface area is 156 Å². The van der Waals surface area contributed by atoms with Gasteiger partial charge in [0.1, 0.15) is 6.61 Å². The van der Waals surface area contributed by atoms with Gasteiger partial charge >= 0.3 is 0 Å². The molecule has 0 spiro atoms. The largest absolute Gasteiger partial charge is 0.479 e. The zero-order valence-electron chi connectivity index (χ0n) is 17.9. The Hall–Kier alpha value is -1.06. The molecule has 1 saturated heterocycles. The first-order valence-electron chi connectivity index (χ1n) is 10.3. The summed E-state index contributed by atoms with van der Waals surface area (Å²) in [6, 6.07) is 0.454. The highest BCUT2D eigenvalue weighted by molar-refractivity contribution is 5.82. The first-order valence-corrected chi connectivity index (χ1v) is 10.3. The minimum atomic E-state index is 0.149. The van der Waals surface area contributed by atoms with Crippen molar-refractivity contribution < 1.29 is 9.53 Å². The molecular formula is C21H42N2O2. The maximum absolute atomic E-state index is 11.1. The van der Waals surface area contributed by atoms with Crippen LogP contribution in [0.2, 0.25) is 0 Å². The van der Waals surface area contributed by atoms with Gasteiger partial charge in [-0.25, -0.2) is 0 Å². The lowest BCUT2D eigenvalue weighted by molar-refractivity contribution is -0.129. The van der Waals surface area contributed by atoms with Crippen molar-refractivity contribution in [2.45, 2.75) is 99.5 Å². The Kier molecular flexibility index (Phi) is 12.6. The number of amides is 1. The van der Waals surface area contributed by atoms with Gasteiger partial charge in [-0.15, -0.1) is 0 Å². The minimum absolute atomic E-state index is 0.149. The Morgan fingerprint density at radius 2 is 1.84 bits per heavy atom. The fourth-order valence-electron chi connectivity index (χ4n) is 2.60. The maximum Gasteiger partial charge on any atom is 0.222 e. The molecule has 0 aliphatic carbocycles. The lowest BCUT2D eigenvalue weighted by Gasteiger charge is -2.22. The summed E-state index contributed by atoms with van der Waals surface area (Å²) in [5.74, 6) is 1.28. The summed E-state index contributed by atoms with van der Waals surface area (Å²) in [5.41, 5.74) is 0.149. The van der Waals surface area contributed by atoms with Crippen LogP contribution in [0.3, 0.4) is 0 Å². The number of likely N-dealkylation sites (tertiary alicyclic amines) is 1. The average Bonchev–Trinajstić information content (AvgIpc) is 3.28. The molecule has 4 heteroatoms. The highest BCUT2D eigenvalue weighted by atomic mass is 16.5. The topological polar surface area (TPSA) is 41.9 Å². The number of unbranched alkanes of at least 4 members (excludes halogenated alkanes) is 2. The van der Waals surface area contributed by atoms with Gasteiger partial charge in [0.25, 0.3) is 0 Å². The van der Waals surface area contributed by atoms with Gasteiger partial charge in [-0.05, 0) is 26.2 Å². The normalized spacial score (nSPS) is 17.8. The SMILES string of the molecule is CCC(C)(C)C1=NCCO1.CCC(C)N1CCCC1=O.CCCCC. The first-order chi connectivity index (χ1) is 11.8. The Bertz CT molecular complexity index is 389. The fraction of sp³-hybridized carbons (Fsp3) is 0.905. The molecule has 2 heterocycles. The number of aliphatic imine (C=N–C) groups is 1. The zero-order chi connectivity index (χ0) is 19.3. The molecule has 0 aromatic carbocycles. The number of carbonyl (C=O) groups is 1. The average molecular weight is 355 g/mol. The molecular weight excluding hydrogens is 312 g/mol. The number of hydrogen-bond acceptors (Lipinski definition) is 3. The van der Waals surface area contributed by atoms with E-state index in [-0.39, 0.29) is 5.41 Å². The van der Waals surface area contributed by atoms with Crippen molar-refractivity contribution in [3.8, 4) is 0 Å². The summed E-state index contributed by atoms with van der Waals surface area (Å²) in [4.78, 5) is 17.4. The third-order valence-corrected chi connectivity index (χ3v) is 4.99. The van der Waals surface area contributed by atoms with Crippen LogP contribution in [0.25, 0.3) is 0 Å². The molecule has 25 heavy (non-hydrogen) atoms. The molecule has 1 atom stereocenters. The van der Waals surface area contributed by atoms with Crippen molar-refractivity contribution in [1.82, 2.24) is 4.90 Å². The monoisotopic (exact) mass is 354 g/mol. The molecule has 1 amide bonds. The van der Waals surface area contributed by atoms with Crippen LogP contribution in [-0.4, -0.2) is 42.4 Å². The molecule has 0 saturated carbocycles. The standard InChI is InChI=1S/2C8H15NO.C5H12/c1-4-8(2,3)7-9-5-6-10-7;1-3-7(2)9-6-4-5-8(9)10;1-3-5-4-2/h4-6H2,1-3H3;7H,3-6H2,1-2H3;3-5H2,1-2H3. The smallest absolute Gasteiger partial charge is 0.222 e. The number of nitrogens with zero attached hydrogens (tertiary/aromatic N) is 2. The van der Waals surface area contributed by atoms with E-state index in [1.165, 1.54) is 19.3 Å². The molecule has 0 N–H and O–H groups in total. The number of ether oxygens (including phenoxy) is 1. The van der Waals surface area contributed by atoms with E-state index in [0.29, 0.717) is 11.9 Å². The van der Waals surface area contributed by atoms with Gasteiger partial charge in [-0.3, -0.25) is 9.79 Å². The molecule has 2 aliphatic heterocycles. The summed E-state index contributed by atoms with van der Waals surface area (Å²) in [7, 11) is 0. The summed E-state index contributed by atoms with van der Waals surface area (Å²) < 4.78 is 5.36. The van der Waals surface area contributed by atoms with E-state index in [1.807, 2.05) is 4.90 Å². The van der Waals surface area contributed by atoms with Gasteiger partial charge in [0.15, 0.2) is 5.90 Å². The van der Waals surface area contributed by atoms with Crippen LogP contribution < -0.4 is 0 Å².